The minimum absolute atomic E-state index is 0.182. The summed E-state index contributed by atoms with van der Waals surface area (Å²) in [5.41, 5.74) is 12.3. The molecule has 0 bridgehead atoms. The molecule has 0 unspecified atom stereocenters. The molecule has 5 heteroatoms. The number of benzene rings is 8. The largest absolute Gasteiger partial charge is 0.321 e. The Hall–Kier alpha value is -7.76. The third kappa shape index (κ3) is 7.63. The number of carbonyl (C=O) groups is 1. The fourth-order valence-corrected chi connectivity index (χ4v) is 7.04. The fraction of sp³-hybridized carbons (Fsp3) is 0. The highest BCUT2D eigenvalue weighted by atomic mass is 16.1. The van der Waals surface area contributed by atoms with E-state index < -0.39 is 0 Å². The van der Waals surface area contributed by atoms with Gasteiger partial charge in [0.15, 0.2) is 17.5 Å². The molecular weight excluding hydrogens is 697 g/mol. The van der Waals surface area contributed by atoms with Crippen molar-refractivity contribution in [2.24, 2.45) is 0 Å². The molecule has 0 aliphatic carbocycles. The predicted octanol–water partition coefficient (Wildman–Crippen LogP) is 12.8. The molecule has 0 aliphatic rings. The van der Waals surface area contributed by atoms with Crippen LogP contribution < -0.4 is 5.32 Å². The lowest BCUT2D eigenvalue weighted by Gasteiger charge is -2.17. The molecule has 5 nitrogen and oxygen atoms in total. The number of nitrogens with one attached hydrogen (secondary N) is 1. The summed E-state index contributed by atoms with van der Waals surface area (Å²) in [5.74, 6) is 1.64. The molecule has 57 heavy (non-hydrogen) atoms. The zero-order chi connectivity index (χ0) is 38.4. The van der Waals surface area contributed by atoms with Crippen LogP contribution in [0.2, 0.25) is 0 Å². The third-order valence-corrected chi connectivity index (χ3v) is 10.00. The first kappa shape index (κ1) is 35.0. The Kier molecular flexibility index (Phi) is 9.77. The molecule has 0 radical (unpaired) electrons. The smallest absolute Gasteiger partial charge is 0.255 e. The second kappa shape index (κ2) is 15.9. The van der Waals surface area contributed by atoms with Crippen LogP contribution in [0.4, 0.5) is 5.69 Å². The highest BCUT2D eigenvalue weighted by Crippen LogP contribution is 2.39. The van der Waals surface area contributed by atoms with Crippen LogP contribution in [-0.2, 0) is 0 Å². The maximum atomic E-state index is 14.0. The molecule has 1 amide bonds. The standard InChI is InChI=1S/C52H36N4O/c57-52(43-31-27-37(28-32-43)36-15-5-1-6-16-36)53-48-35-44(33-34-47(48)46-24-14-13-23-45(46)39-17-7-2-8-18-39)38-25-29-42(30-26-38)51-55-49(40-19-9-3-10-20-40)54-50(56-51)41-21-11-4-12-22-41/h1-35H,(H,53,57). The Balaban J connectivity index is 1.08. The average molecular weight is 733 g/mol. The monoisotopic (exact) mass is 732 g/mol. The third-order valence-electron chi connectivity index (χ3n) is 10.00. The highest BCUT2D eigenvalue weighted by Gasteiger charge is 2.17. The first-order chi connectivity index (χ1) is 28.2. The highest BCUT2D eigenvalue weighted by molar-refractivity contribution is 6.07. The second-order valence-corrected chi connectivity index (χ2v) is 13.7. The summed E-state index contributed by atoms with van der Waals surface area (Å²) >= 11 is 0. The van der Waals surface area contributed by atoms with E-state index in [2.05, 4.69) is 72.0 Å². The second-order valence-electron chi connectivity index (χ2n) is 13.7. The van der Waals surface area contributed by atoms with E-state index in [0.29, 0.717) is 23.0 Å². The van der Waals surface area contributed by atoms with Crippen molar-refractivity contribution in [3.63, 3.8) is 0 Å². The number of anilines is 1. The molecular formula is C52H36N4O. The minimum atomic E-state index is -0.182. The fourth-order valence-electron chi connectivity index (χ4n) is 7.04. The molecule has 9 rings (SSSR count). The number of hydrogen-bond donors (Lipinski definition) is 1. The lowest BCUT2D eigenvalue weighted by molar-refractivity contribution is 0.102. The van der Waals surface area contributed by atoms with Crippen LogP contribution in [0.15, 0.2) is 212 Å². The number of carbonyl (C=O) groups excluding carboxylic acids is 1. The van der Waals surface area contributed by atoms with Crippen LogP contribution in [-0.4, -0.2) is 20.9 Å². The van der Waals surface area contributed by atoms with Gasteiger partial charge in [-0.25, -0.2) is 15.0 Å². The molecule has 1 heterocycles. The molecule has 1 aromatic heterocycles. The average Bonchev–Trinajstić information content (AvgIpc) is 3.30. The van der Waals surface area contributed by atoms with E-state index in [1.54, 1.807) is 0 Å². The predicted molar refractivity (Wildman–Crippen MR) is 232 cm³/mol. The molecule has 0 saturated carbocycles. The molecule has 0 aliphatic heterocycles. The Morgan fingerprint density at radius 3 is 1.23 bits per heavy atom. The van der Waals surface area contributed by atoms with E-state index >= 15 is 0 Å². The molecule has 0 spiro atoms. The normalized spacial score (nSPS) is 10.9. The lowest BCUT2D eigenvalue weighted by Crippen LogP contribution is -2.12. The number of nitrogens with zero attached hydrogens (tertiary/aromatic N) is 3. The Morgan fingerprint density at radius 2 is 0.684 bits per heavy atom. The SMILES string of the molecule is O=C(Nc1cc(-c2ccc(-c3nc(-c4ccccc4)nc(-c4ccccc4)n3)cc2)ccc1-c1ccccc1-c1ccccc1)c1ccc(-c2ccccc2)cc1. The van der Waals surface area contributed by atoms with Crippen molar-refractivity contribution in [2.75, 3.05) is 5.32 Å². The van der Waals surface area contributed by atoms with Crippen LogP contribution in [0.25, 0.3) is 78.7 Å². The van der Waals surface area contributed by atoms with Crippen molar-refractivity contribution in [1.82, 2.24) is 15.0 Å². The number of aromatic nitrogens is 3. The van der Waals surface area contributed by atoms with Crippen LogP contribution in [0.1, 0.15) is 10.4 Å². The summed E-state index contributed by atoms with van der Waals surface area (Å²) in [6.07, 6.45) is 0. The first-order valence-corrected chi connectivity index (χ1v) is 18.9. The van der Waals surface area contributed by atoms with E-state index in [1.807, 2.05) is 146 Å². The van der Waals surface area contributed by atoms with Crippen molar-refractivity contribution in [1.29, 1.82) is 0 Å². The van der Waals surface area contributed by atoms with Gasteiger partial charge in [-0.05, 0) is 57.1 Å². The Bertz CT molecular complexity index is 2730. The van der Waals surface area contributed by atoms with Gasteiger partial charge in [-0.2, -0.15) is 0 Å². The van der Waals surface area contributed by atoms with Gasteiger partial charge in [-0.3, -0.25) is 4.79 Å². The van der Waals surface area contributed by atoms with Crippen LogP contribution >= 0.6 is 0 Å². The summed E-state index contributed by atoms with van der Waals surface area (Å²) in [4.78, 5) is 28.6. The van der Waals surface area contributed by atoms with Crippen molar-refractivity contribution in [2.45, 2.75) is 0 Å². The molecule has 9 aromatic rings. The van der Waals surface area contributed by atoms with Crippen LogP contribution in [0.5, 0.6) is 0 Å². The van der Waals surface area contributed by atoms with Crippen LogP contribution in [0, 0.1) is 0 Å². The quantitative estimate of drug-likeness (QED) is 0.160. The number of amides is 1. The van der Waals surface area contributed by atoms with Crippen molar-refractivity contribution < 1.29 is 4.79 Å². The minimum Gasteiger partial charge on any atom is -0.321 e. The van der Waals surface area contributed by atoms with Gasteiger partial charge >= 0.3 is 0 Å². The van der Waals surface area contributed by atoms with Gasteiger partial charge in [0.05, 0.1) is 0 Å². The topological polar surface area (TPSA) is 67.8 Å². The van der Waals surface area contributed by atoms with Gasteiger partial charge in [-0.15, -0.1) is 0 Å². The van der Waals surface area contributed by atoms with Crippen molar-refractivity contribution in [3.8, 4) is 78.7 Å². The maximum absolute atomic E-state index is 14.0. The van der Waals surface area contributed by atoms with Gasteiger partial charge in [-0.1, -0.05) is 194 Å². The summed E-state index contributed by atoms with van der Waals surface area (Å²) < 4.78 is 0. The number of rotatable bonds is 9. The molecule has 1 N–H and O–H groups in total. The van der Waals surface area contributed by atoms with E-state index in [0.717, 1.165) is 66.9 Å². The van der Waals surface area contributed by atoms with E-state index in [1.165, 1.54) is 0 Å². The van der Waals surface area contributed by atoms with Gasteiger partial charge < -0.3 is 5.32 Å². The van der Waals surface area contributed by atoms with Gasteiger partial charge in [0.1, 0.15) is 0 Å². The summed E-state index contributed by atoms with van der Waals surface area (Å²) in [6, 6.07) is 71.0. The van der Waals surface area contributed by atoms with Gasteiger partial charge in [0, 0.05) is 33.5 Å². The molecule has 0 fully saturated rings. The van der Waals surface area contributed by atoms with Crippen molar-refractivity contribution in [3.05, 3.63) is 218 Å². The lowest BCUT2D eigenvalue weighted by atomic mass is 9.91. The zero-order valence-corrected chi connectivity index (χ0v) is 31.0. The van der Waals surface area contributed by atoms with E-state index in [9.17, 15) is 4.79 Å². The van der Waals surface area contributed by atoms with E-state index in [-0.39, 0.29) is 5.91 Å². The Morgan fingerprint density at radius 1 is 0.316 bits per heavy atom. The van der Waals surface area contributed by atoms with Gasteiger partial charge in [0.25, 0.3) is 5.91 Å². The van der Waals surface area contributed by atoms with Crippen LogP contribution in [0.3, 0.4) is 0 Å². The number of hydrogen-bond acceptors (Lipinski definition) is 4. The van der Waals surface area contributed by atoms with Gasteiger partial charge in [0.2, 0.25) is 0 Å². The summed E-state index contributed by atoms with van der Waals surface area (Å²) in [7, 11) is 0. The molecule has 0 atom stereocenters. The van der Waals surface area contributed by atoms with E-state index in [4.69, 9.17) is 15.0 Å². The summed E-state index contributed by atoms with van der Waals surface area (Å²) in [5, 5.41) is 3.29. The molecule has 8 aromatic carbocycles. The summed E-state index contributed by atoms with van der Waals surface area (Å²) in [6.45, 7) is 0. The zero-order valence-electron chi connectivity index (χ0n) is 31.0. The van der Waals surface area contributed by atoms with Crippen molar-refractivity contribution >= 4 is 11.6 Å². The Labute approximate surface area is 332 Å². The maximum Gasteiger partial charge on any atom is 0.255 e. The molecule has 270 valence electrons. The molecule has 0 saturated heterocycles. The first-order valence-electron chi connectivity index (χ1n) is 18.9.